The highest BCUT2D eigenvalue weighted by Gasteiger charge is 2.63. The molecule has 2 nitrogen and oxygen atoms in total. The first-order valence-electron chi connectivity index (χ1n) is 9.16. The molecule has 0 saturated heterocycles. The van der Waals surface area contributed by atoms with E-state index in [2.05, 4.69) is 4.74 Å². The van der Waals surface area contributed by atoms with Crippen LogP contribution in [0.3, 0.4) is 0 Å². The van der Waals surface area contributed by atoms with Crippen molar-refractivity contribution in [3.63, 3.8) is 0 Å². The number of hydrogen-bond donors (Lipinski definition) is 0. The second kappa shape index (κ2) is 8.48. The van der Waals surface area contributed by atoms with Gasteiger partial charge >= 0.3 is 18.3 Å². The molecule has 0 N–H and O–H groups in total. The lowest BCUT2D eigenvalue weighted by Gasteiger charge is -2.19. The largest absolute Gasteiger partial charge is 0.431 e. The molecule has 0 bridgehead atoms. The highest BCUT2D eigenvalue weighted by molar-refractivity contribution is 6.30. The van der Waals surface area contributed by atoms with Crippen LogP contribution in [0.15, 0.2) is 34.9 Å². The summed E-state index contributed by atoms with van der Waals surface area (Å²) in [7, 11) is 0. The normalized spacial score (nSPS) is 21.0. The maximum Gasteiger partial charge on any atom is 0.431 e. The number of benzene rings is 1. The fourth-order valence-electron chi connectivity index (χ4n) is 3.22. The third-order valence-corrected chi connectivity index (χ3v) is 5.54. The monoisotopic (exact) mass is 472 g/mol. The Morgan fingerprint density at radius 2 is 1.71 bits per heavy atom. The lowest BCUT2D eigenvalue weighted by Crippen LogP contribution is -2.26. The highest BCUT2D eigenvalue weighted by atomic mass is 35.5. The van der Waals surface area contributed by atoms with Crippen LogP contribution in [0.5, 0.6) is 0 Å². The van der Waals surface area contributed by atoms with E-state index in [0.717, 1.165) is 11.6 Å². The first-order valence-corrected chi connectivity index (χ1v) is 9.53. The second-order valence-corrected chi connectivity index (χ2v) is 8.57. The van der Waals surface area contributed by atoms with Crippen molar-refractivity contribution in [3.05, 3.63) is 57.7 Å². The van der Waals surface area contributed by atoms with Crippen molar-refractivity contribution in [1.82, 2.24) is 0 Å². The van der Waals surface area contributed by atoms with E-state index in [-0.39, 0.29) is 12.0 Å². The van der Waals surface area contributed by atoms with Crippen LogP contribution in [-0.2, 0) is 22.1 Å². The van der Waals surface area contributed by atoms with Crippen molar-refractivity contribution >= 4 is 17.6 Å². The molecule has 1 fully saturated rings. The molecule has 1 aromatic rings. The van der Waals surface area contributed by atoms with E-state index >= 15 is 0 Å². The third kappa shape index (κ3) is 5.42. The van der Waals surface area contributed by atoms with E-state index in [1.54, 1.807) is 19.9 Å². The number of halogens is 8. The summed E-state index contributed by atoms with van der Waals surface area (Å²) in [5, 5.41) is -1.49. The molecule has 172 valence electrons. The molecule has 0 aliphatic heterocycles. The quantitative estimate of drug-likeness (QED) is 0.252. The summed E-state index contributed by atoms with van der Waals surface area (Å²) < 4.78 is 99.2. The van der Waals surface area contributed by atoms with Crippen LogP contribution >= 0.6 is 11.6 Å². The molecule has 0 radical (unpaired) electrons. The average molecular weight is 473 g/mol. The summed E-state index contributed by atoms with van der Waals surface area (Å²) in [5.41, 5.74) is -1.99. The minimum absolute atomic E-state index is 0.0268. The van der Waals surface area contributed by atoms with Crippen molar-refractivity contribution in [2.24, 2.45) is 17.3 Å². The van der Waals surface area contributed by atoms with Crippen molar-refractivity contribution in [1.29, 1.82) is 0 Å². The fraction of sp³-hybridized carbons (Fsp3) is 0.476. The number of ether oxygens (including phenoxy) is 1. The summed E-state index contributed by atoms with van der Waals surface area (Å²) >= 11 is 5.16. The van der Waals surface area contributed by atoms with Gasteiger partial charge < -0.3 is 4.74 Å². The van der Waals surface area contributed by atoms with Crippen molar-refractivity contribution in [2.45, 2.75) is 46.4 Å². The van der Waals surface area contributed by atoms with Crippen LogP contribution in [0.2, 0.25) is 0 Å². The number of rotatable bonds is 6. The van der Waals surface area contributed by atoms with E-state index in [0.29, 0.717) is 12.1 Å². The predicted octanol–water partition coefficient (Wildman–Crippen LogP) is 7.02. The molecular formula is C21H20ClF7O2. The van der Waals surface area contributed by atoms with E-state index < -0.39 is 57.7 Å². The average Bonchev–Trinajstić information content (AvgIpc) is 3.14. The lowest BCUT2D eigenvalue weighted by molar-refractivity contribution is -0.243. The van der Waals surface area contributed by atoms with Crippen LogP contribution in [-0.4, -0.2) is 12.1 Å². The summed E-state index contributed by atoms with van der Waals surface area (Å²) in [6, 6.07) is 1.56. The number of hydrogen-bond acceptors (Lipinski definition) is 2. The molecular weight excluding hydrogens is 453 g/mol. The Labute approximate surface area is 179 Å². The fourth-order valence-corrected chi connectivity index (χ4v) is 3.36. The summed E-state index contributed by atoms with van der Waals surface area (Å²) in [6.45, 7) is 6.19. The predicted molar refractivity (Wildman–Crippen MR) is 100 cm³/mol. The number of alkyl halides is 5. The van der Waals surface area contributed by atoms with E-state index in [1.807, 2.05) is 0 Å². The van der Waals surface area contributed by atoms with E-state index in [9.17, 15) is 35.5 Å². The molecule has 2 rings (SSSR count). The number of esters is 1. The van der Waals surface area contributed by atoms with Crippen LogP contribution in [0.1, 0.15) is 38.8 Å². The zero-order valence-corrected chi connectivity index (χ0v) is 17.8. The molecule has 10 heteroatoms. The molecule has 2 unspecified atom stereocenters. The van der Waals surface area contributed by atoms with Gasteiger partial charge in [0.25, 0.3) is 0 Å². The van der Waals surface area contributed by atoms with Gasteiger partial charge in [-0.1, -0.05) is 49.2 Å². The number of carbonyl (C=O) groups excluding carboxylic acids is 1. The molecule has 1 aliphatic carbocycles. The van der Waals surface area contributed by atoms with E-state index in [1.165, 1.54) is 13.8 Å². The first kappa shape index (κ1) is 25.2. The van der Waals surface area contributed by atoms with Crippen LogP contribution in [0, 0.1) is 28.9 Å². The van der Waals surface area contributed by atoms with Crippen LogP contribution in [0.4, 0.5) is 30.7 Å². The molecule has 1 aliphatic rings. The van der Waals surface area contributed by atoms with Crippen LogP contribution in [0.25, 0.3) is 0 Å². The molecule has 31 heavy (non-hydrogen) atoms. The van der Waals surface area contributed by atoms with Gasteiger partial charge in [0, 0.05) is 0 Å². The molecule has 0 heterocycles. The van der Waals surface area contributed by atoms with E-state index in [4.69, 9.17) is 11.6 Å². The van der Waals surface area contributed by atoms with Gasteiger partial charge in [0.1, 0.15) is 10.6 Å². The van der Waals surface area contributed by atoms with Gasteiger partial charge in [-0.15, -0.1) is 0 Å². The zero-order chi connectivity index (χ0) is 23.9. The van der Waals surface area contributed by atoms with Crippen molar-refractivity contribution in [2.75, 3.05) is 0 Å². The smallest absolute Gasteiger partial charge is 0.397 e. The van der Waals surface area contributed by atoms with Gasteiger partial charge in [0.2, 0.25) is 0 Å². The van der Waals surface area contributed by atoms with Crippen molar-refractivity contribution < 1.29 is 40.3 Å². The minimum Gasteiger partial charge on any atom is -0.397 e. The lowest BCUT2D eigenvalue weighted by atomic mass is 10.1. The summed E-state index contributed by atoms with van der Waals surface area (Å²) in [5.74, 6) is -7.40. The van der Waals surface area contributed by atoms with Gasteiger partial charge in [-0.2, -0.15) is 22.0 Å². The van der Waals surface area contributed by atoms with Gasteiger partial charge in [-0.05, 0) is 43.2 Å². The molecule has 0 amide bonds. The third-order valence-electron chi connectivity index (χ3n) is 5.20. The molecule has 2 atom stereocenters. The first-order chi connectivity index (χ1) is 14.0. The van der Waals surface area contributed by atoms with Gasteiger partial charge in [-0.25, -0.2) is 8.78 Å². The van der Waals surface area contributed by atoms with Crippen LogP contribution < -0.4 is 0 Å². The Kier molecular flexibility index (Phi) is 6.91. The molecule has 1 saturated carbocycles. The Morgan fingerprint density at radius 3 is 2.23 bits per heavy atom. The maximum atomic E-state index is 14.4. The Balaban J connectivity index is 2.24. The SMILES string of the molecule is CC(C)=CCc1ccc(C(F)(F)OC(=O)C2C(C=C(Cl)C(F)(F)F)C2(C)C)c(F)c1F. The Morgan fingerprint density at radius 1 is 1.13 bits per heavy atom. The van der Waals surface area contributed by atoms with Gasteiger partial charge in [0.15, 0.2) is 11.6 Å². The Hall–Kier alpha value is -2.03. The zero-order valence-electron chi connectivity index (χ0n) is 17.0. The van der Waals surface area contributed by atoms with Gasteiger partial charge in [-0.3, -0.25) is 4.79 Å². The minimum atomic E-state index is -4.85. The van der Waals surface area contributed by atoms with Crippen molar-refractivity contribution in [3.8, 4) is 0 Å². The molecule has 0 aromatic heterocycles. The van der Waals surface area contributed by atoms with Gasteiger partial charge in [0.05, 0.1) is 5.92 Å². The number of carbonyl (C=O) groups is 1. The summed E-state index contributed by atoms with van der Waals surface area (Å²) in [6.07, 6.45) is -7.28. The highest BCUT2D eigenvalue weighted by Crippen LogP contribution is 2.61. The maximum absolute atomic E-state index is 14.4. The molecule has 1 aromatic carbocycles. The standard InChI is InChI=1S/C21H20ClF7O2/c1-10(2)5-6-11-7-8-12(17(24)16(11)23)21(28,29)31-18(30)15-13(19(15,3)4)9-14(22)20(25,26)27/h5,7-9,13,15H,6H2,1-4H3. The topological polar surface area (TPSA) is 26.3 Å². The summed E-state index contributed by atoms with van der Waals surface area (Å²) in [4.78, 5) is 12.2. The molecule has 0 spiro atoms. The Bertz CT molecular complexity index is 928. The second-order valence-electron chi connectivity index (χ2n) is 8.16. The number of allylic oxidation sites excluding steroid dienone is 4.